The van der Waals surface area contributed by atoms with Gasteiger partial charge in [-0.1, -0.05) is 44.2 Å². The van der Waals surface area contributed by atoms with Gasteiger partial charge in [0.25, 0.3) is 0 Å². The van der Waals surface area contributed by atoms with Crippen molar-refractivity contribution in [3.63, 3.8) is 0 Å². The van der Waals surface area contributed by atoms with Gasteiger partial charge >= 0.3 is 0 Å². The van der Waals surface area contributed by atoms with E-state index in [4.69, 9.17) is 0 Å². The van der Waals surface area contributed by atoms with Gasteiger partial charge in [-0.25, -0.2) is 0 Å². The second-order valence-corrected chi connectivity index (χ2v) is 4.88. The number of aliphatic hydroxyl groups excluding tert-OH is 1. The van der Waals surface area contributed by atoms with E-state index in [1.807, 2.05) is 13.0 Å². The lowest BCUT2D eigenvalue weighted by Gasteiger charge is -2.33. The summed E-state index contributed by atoms with van der Waals surface area (Å²) in [5.74, 6) is 0.453. The van der Waals surface area contributed by atoms with Crippen LogP contribution in [0.3, 0.4) is 0 Å². The average Bonchev–Trinajstić information content (AvgIpc) is 2.17. The topological polar surface area (TPSA) is 23.5 Å². The van der Waals surface area contributed by atoms with Crippen LogP contribution >= 0.6 is 0 Å². The van der Waals surface area contributed by atoms with Crippen molar-refractivity contribution in [3.8, 4) is 0 Å². The molecule has 2 heteroatoms. The van der Waals surface area contributed by atoms with Crippen molar-refractivity contribution in [3.05, 3.63) is 35.9 Å². The van der Waals surface area contributed by atoms with Crippen molar-refractivity contribution in [1.29, 1.82) is 0 Å². The van der Waals surface area contributed by atoms with Crippen molar-refractivity contribution in [2.45, 2.75) is 39.5 Å². The Morgan fingerprint density at radius 1 is 1.12 bits per heavy atom. The molecule has 0 aliphatic carbocycles. The van der Waals surface area contributed by atoms with E-state index in [0.29, 0.717) is 5.92 Å². The first-order valence-corrected chi connectivity index (χ1v) is 5.94. The Balaban J connectivity index is 2.66. The van der Waals surface area contributed by atoms with E-state index < -0.39 is 0 Å². The standard InChI is InChI=1S/C14H23NO/c1-11(2)14(12(3)16)15(4)10-13-8-6-5-7-9-13/h5-9,11-12,14,16H,10H2,1-4H3/t12?,14-/m0/s1. The third-order valence-corrected chi connectivity index (χ3v) is 2.96. The third-order valence-electron chi connectivity index (χ3n) is 2.96. The third kappa shape index (κ3) is 3.62. The molecule has 0 amide bonds. The SMILES string of the molecule is CC(C)[C@@H](C(C)O)N(C)Cc1ccccc1. The lowest BCUT2D eigenvalue weighted by Crippen LogP contribution is -2.43. The van der Waals surface area contributed by atoms with Gasteiger partial charge in [-0.05, 0) is 25.5 Å². The maximum absolute atomic E-state index is 9.79. The molecule has 0 saturated carbocycles. The maximum atomic E-state index is 9.79. The second-order valence-electron chi connectivity index (χ2n) is 4.88. The molecule has 0 aliphatic rings. The quantitative estimate of drug-likeness (QED) is 0.826. The van der Waals surface area contributed by atoms with Crippen LogP contribution in [0.15, 0.2) is 30.3 Å². The summed E-state index contributed by atoms with van der Waals surface area (Å²) in [6, 6.07) is 10.6. The lowest BCUT2D eigenvalue weighted by molar-refractivity contribution is 0.0454. The first-order valence-electron chi connectivity index (χ1n) is 5.94. The largest absolute Gasteiger partial charge is 0.392 e. The van der Waals surface area contributed by atoms with E-state index in [-0.39, 0.29) is 12.1 Å². The lowest BCUT2D eigenvalue weighted by atomic mass is 9.97. The van der Waals surface area contributed by atoms with Crippen LogP contribution < -0.4 is 0 Å². The van der Waals surface area contributed by atoms with Crippen molar-refractivity contribution in [2.24, 2.45) is 5.92 Å². The van der Waals surface area contributed by atoms with Crippen LogP contribution in [-0.4, -0.2) is 29.2 Å². The highest BCUT2D eigenvalue weighted by atomic mass is 16.3. The Morgan fingerprint density at radius 3 is 2.12 bits per heavy atom. The molecule has 0 bridgehead atoms. The minimum atomic E-state index is -0.297. The molecule has 0 radical (unpaired) electrons. The summed E-state index contributed by atoms with van der Waals surface area (Å²) in [4.78, 5) is 2.23. The van der Waals surface area contributed by atoms with E-state index in [2.05, 4.69) is 50.1 Å². The maximum Gasteiger partial charge on any atom is 0.0669 e. The van der Waals surface area contributed by atoms with Gasteiger partial charge in [0.15, 0.2) is 0 Å². The summed E-state index contributed by atoms with van der Waals surface area (Å²) in [5, 5.41) is 9.79. The molecule has 1 aromatic carbocycles. The van der Waals surface area contributed by atoms with Gasteiger partial charge in [0, 0.05) is 12.6 Å². The minimum Gasteiger partial charge on any atom is -0.392 e. The van der Waals surface area contributed by atoms with E-state index >= 15 is 0 Å². The first kappa shape index (κ1) is 13.2. The monoisotopic (exact) mass is 221 g/mol. The highest BCUT2D eigenvalue weighted by Crippen LogP contribution is 2.16. The predicted octanol–water partition coefficient (Wildman–Crippen LogP) is 2.52. The van der Waals surface area contributed by atoms with Crippen molar-refractivity contribution in [2.75, 3.05) is 7.05 Å². The summed E-state index contributed by atoms with van der Waals surface area (Å²) in [6.45, 7) is 7.05. The van der Waals surface area contributed by atoms with Crippen molar-refractivity contribution < 1.29 is 5.11 Å². The summed E-state index contributed by atoms with van der Waals surface area (Å²) in [7, 11) is 2.07. The van der Waals surface area contributed by atoms with Gasteiger partial charge in [0.2, 0.25) is 0 Å². The molecule has 0 saturated heterocycles. The van der Waals surface area contributed by atoms with Crippen molar-refractivity contribution in [1.82, 2.24) is 4.90 Å². The summed E-state index contributed by atoms with van der Waals surface area (Å²) in [5.41, 5.74) is 1.29. The zero-order chi connectivity index (χ0) is 12.1. The van der Waals surface area contributed by atoms with Crippen LogP contribution in [0.2, 0.25) is 0 Å². The Labute approximate surface area is 98.9 Å². The van der Waals surface area contributed by atoms with Gasteiger partial charge in [-0.15, -0.1) is 0 Å². The zero-order valence-electron chi connectivity index (χ0n) is 10.7. The number of benzene rings is 1. The number of hydrogen-bond donors (Lipinski definition) is 1. The molecule has 0 spiro atoms. The zero-order valence-corrected chi connectivity index (χ0v) is 10.7. The van der Waals surface area contributed by atoms with E-state index in [0.717, 1.165) is 6.54 Å². The van der Waals surface area contributed by atoms with E-state index in [1.165, 1.54) is 5.56 Å². The molecule has 0 heterocycles. The number of likely N-dealkylation sites (N-methyl/N-ethyl adjacent to an activating group) is 1. The molecule has 1 unspecified atom stereocenters. The smallest absolute Gasteiger partial charge is 0.0669 e. The Morgan fingerprint density at radius 2 is 1.69 bits per heavy atom. The normalized spacial score (nSPS) is 15.4. The number of aliphatic hydroxyl groups is 1. The fourth-order valence-corrected chi connectivity index (χ4v) is 2.41. The van der Waals surface area contributed by atoms with Crippen LogP contribution in [0, 0.1) is 5.92 Å². The highest BCUT2D eigenvalue weighted by molar-refractivity contribution is 5.14. The predicted molar refractivity (Wildman–Crippen MR) is 68.2 cm³/mol. The van der Waals surface area contributed by atoms with Crippen LogP contribution in [0.5, 0.6) is 0 Å². The Kier molecular flexibility index (Phi) is 4.97. The van der Waals surface area contributed by atoms with Gasteiger partial charge in [-0.3, -0.25) is 4.90 Å². The second kappa shape index (κ2) is 6.02. The highest BCUT2D eigenvalue weighted by Gasteiger charge is 2.23. The molecule has 0 aromatic heterocycles. The van der Waals surface area contributed by atoms with Gasteiger partial charge < -0.3 is 5.11 Å². The molecule has 0 aliphatic heterocycles. The molecule has 2 atom stereocenters. The molecule has 1 rings (SSSR count). The average molecular weight is 221 g/mol. The summed E-state index contributed by atoms with van der Waals surface area (Å²) in [6.07, 6.45) is -0.297. The van der Waals surface area contributed by atoms with Crippen LogP contribution in [-0.2, 0) is 6.54 Å². The molecule has 2 nitrogen and oxygen atoms in total. The summed E-state index contributed by atoms with van der Waals surface area (Å²) < 4.78 is 0. The number of rotatable bonds is 5. The van der Waals surface area contributed by atoms with Crippen LogP contribution in [0.1, 0.15) is 26.3 Å². The van der Waals surface area contributed by atoms with E-state index in [9.17, 15) is 5.11 Å². The first-order chi connectivity index (χ1) is 7.52. The van der Waals surface area contributed by atoms with Gasteiger partial charge in [-0.2, -0.15) is 0 Å². The van der Waals surface area contributed by atoms with E-state index in [1.54, 1.807) is 0 Å². The Bertz CT molecular complexity index is 287. The minimum absolute atomic E-state index is 0.209. The molecule has 0 fully saturated rings. The van der Waals surface area contributed by atoms with Crippen LogP contribution in [0.25, 0.3) is 0 Å². The van der Waals surface area contributed by atoms with Crippen molar-refractivity contribution >= 4 is 0 Å². The fraction of sp³-hybridized carbons (Fsp3) is 0.571. The van der Waals surface area contributed by atoms with Gasteiger partial charge in [0.05, 0.1) is 6.10 Å². The fourth-order valence-electron chi connectivity index (χ4n) is 2.41. The molecular formula is C14H23NO. The number of hydrogen-bond acceptors (Lipinski definition) is 2. The van der Waals surface area contributed by atoms with Gasteiger partial charge in [0.1, 0.15) is 0 Å². The Hall–Kier alpha value is -0.860. The van der Waals surface area contributed by atoms with Crippen LogP contribution in [0.4, 0.5) is 0 Å². The molecule has 90 valence electrons. The summed E-state index contributed by atoms with van der Waals surface area (Å²) >= 11 is 0. The molecule has 1 N–H and O–H groups in total. The molecule has 1 aromatic rings. The molecule has 16 heavy (non-hydrogen) atoms. The number of nitrogens with zero attached hydrogens (tertiary/aromatic N) is 1. The molecular weight excluding hydrogens is 198 g/mol.